The van der Waals surface area contributed by atoms with Crippen LogP contribution in [0.3, 0.4) is 0 Å². The second kappa shape index (κ2) is 4.08. The number of fused-ring (bicyclic) bond motifs is 1. The zero-order valence-corrected chi connectivity index (χ0v) is 11.1. The molecule has 86 valence electrons. The van der Waals surface area contributed by atoms with E-state index in [1.54, 1.807) is 0 Å². The summed E-state index contributed by atoms with van der Waals surface area (Å²) in [7, 11) is 0. The van der Waals surface area contributed by atoms with Gasteiger partial charge in [-0.15, -0.1) is 0 Å². The second-order valence-electron chi connectivity index (χ2n) is 4.16. The molecule has 0 fully saturated rings. The van der Waals surface area contributed by atoms with Crippen LogP contribution in [0.2, 0.25) is 0 Å². The molecule has 2 nitrogen and oxygen atoms in total. The molecule has 0 radical (unpaired) electrons. The molecule has 3 heteroatoms. The second-order valence-corrected chi connectivity index (χ2v) is 5.07. The largest absolute Gasteiger partial charge is 0.464 e. The van der Waals surface area contributed by atoms with Gasteiger partial charge in [-0.3, -0.25) is 0 Å². The Bertz CT molecular complexity index is 666. The van der Waals surface area contributed by atoms with E-state index in [-0.39, 0.29) is 0 Å². The summed E-state index contributed by atoms with van der Waals surface area (Å²) in [6.07, 6.45) is 2.09. The third-order valence-electron chi connectivity index (χ3n) is 2.86. The van der Waals surface area contributed by atoms with Gasteiger partial charge in [0.05, 0.1) is 6.54 Å². The summed E-state index contributed by atoms with van der Waals surface area (Å²) >= 11 is 3.48. The Kier molecular flexibility index (Phi) is 2.56. The van der Waals surface area contributed by atoms with Crippen molar-refractivity contribution < 1.29 is 4.42 Å². The average molecular weight is 290 g/mol. The smallest absolute Gasteiger partial charge is 0.123 e. The third-order valence-corrected chi connectivity index (χ3v) is 3.35. The van der Waals surface area contributed by atoms with Crippen molar-refractivity contribution in [1.29, 1.82) is 0 Å². The van der Waals surface area contributed by atoms with Gasteiger partial charge in [-0.1, -0.05) is 15.9 Å². The average Bonchev–Trinajstić information content (AvgIpc) is 2.86. The molecule has 0 spiro atoms. The van der Waals surface area contributed by atoms with Crippen LogP contribution in [0.15, 0.2) is 51.5 Å². The van der Waals surface area contributed by atoms with Crippen molar-refractivity contribution in [3.8, 4) is 0 Å². The van der Waals surface area contributed by atoms with Crippen molar-refractivity contribution in [3.05, 3.63) is 58.6 Å². The molecule has 2 heterocycles. The summed E-state index contributed by atoms with van der Waals surface area (Å²) in [5.74, 6) is 1.95. The Morgan fingerprint density at radius 3 is 2.82 bits per heavy atom. The SMILES string of the molecule is Cc1ccc(Cn2ccc3cc(Br)ccc32)o1. The fourth-order valence-corrected chi connectivity index (χ4v) is 2.43. The molecular weight excluding hydrogens is 278 g/mol. The van der Waals surface area contributed by atoms with E-state index in [0.29, 0.717) is 0 Å². The minimum absolute atomic E-state index is 0.777. The molecule has 0 aliphatic rings. The van der Waals surface area contributed by atoms with Crippen molar-refractivity contribution >= 4 is 26.8 Å². The summed E-state index contributed by atoms with van der Waals surface area (Å²) in [5, 5.41) is 1.24. The van der Waals surface area contributed by atoms with Gasteiger partial charge in [0.15, 0.2) is 0 Å². The van der Waals surface area contributed by atoms with Crippen molar-refractivity contribution in [1.82, 2.24) is 4.57 Å². The number of hydrogen-bond acceptors (Lipinski definition) is 1. The molecule has 0 aliphatic heterocycles. The minimum atomic E-state index is 0.777. The van der Waals surface area contributed by atoms with Crippen LogP contribution < -0.4 is 0 Å². The molecule has 0 unspecified atom stereocenters. The molecule has 0 amide bonds. The molecule has 3 aromatic rings. The minimum Gasteiger partial charge on any atom is -0.464 e. The van der Waals surface area contributed by atoms with Crippen LogP contribution in [0.25, 0.3) is 10.9 Å². The number of halogens is 1. The molecule has 3 rings (SSSR count). The van der Waals surface area contributed by atoms with Crippen LogP contribution in [-0.2, 0) is 6.54 Å². The Hall–Kier alpha value is -1.48. The van der Waals surface area contributed by atoms with E-state index in [1.165, 1.54) is 10.9 Å². The van der Waals surface area contributed by atoms with E-state index in [9.17, 15) is 0 Å². The number of rotatable bonds is 2. The zero-order valence-electron chi connectivity index (χ0n) is 9.48. The van der Waals surface area contributed by atoms with Gasteiger partial charge < -0.3 is 8.98 Å². The maximum atomic E-state index is 5.60. The van der Waals surface area contributed by atoms with E-state index < -0.39 is 0 Å². The van der Waals surface area contributed by atoms with E-state index in [0.717, 1.165) is 22.5 Å². The van der Waals surface area contributed by atoms with Crippen molar-refractivity contribution in [2.24, 2.45) is 0 Å². The van der Waals surface area contributed by atoms with E-state index in [1.807, 2.05) is 19.1 Å². The van der Waals surface area contributed by atoms with Gasteiger partial charge in [-0.2, -0.15) is 0 Å². The van der Waals surface area contributed by atoms with Gasteiger partial charge >= 0.3 is 0 Å². The maximum absolute atomic E-state index is 5.60. The molecule has 17 heavy (non-hydrogen) atoms. The molecule has 0 aliphatic carbocycles. The molecule has 0 saturated carbocycles. The van der Waals surface area contributed by atoms with Gasteiger partial charge in [0.1, 0.15) is 11.5 Å². The standard InChI is InChI=1S/C14H12BrNO/c1-10-2-4-13(17-10)9-16-7-6-11-8-12(15)3-5-14(11)16/h2-8H,9H2,1H3. The topological polar surface area (TPSA) is 18.1 Å². The fourth-order valence-electron chi connectivity index (χ4n) is 2.05. The lowest BCUT2D eigenvalue weighted by molar-refractivity contribution is 0.473. The number of nitrogens with zero attached hydrogens (tertiary/aromatic N) is 1. The number of furan rings is 1. The molecular formula is C14H12BrNO. The maximum Gasteiger partial charge on any atom is 0.123 e. The van der Waals surface area contributed by atoms with Gasteiger partial charge in [-0.25, -0.2) is 0 Å². The Balaban J connectivity index is 2.00. The molecule has 0 N–H and O–H groups in total. The summed E-state index contributed by atoms with van der Waals surface area (Å²) in [6, 6.07) is 12.5. The van der Waals surface area contributed by atoms with E-state index >= 15 is 0 Å². The van der Waals surface area contributed by atoms with Gasteiger partial charge in [0, 0.05) is 21.6 Å². The first kappa shape index (κ1) is 10.7. The normalized spacial score (nSPS) is 11.2. The summed E-state index contributed by atoms with van der Waals surface area (Å²) in [5.41, 5.74) is 1.22. The summed E-state index contributed by atoms with van der Waals surface area (Å²) in [4.78, 5) is 0. The van der Waals surface area contributed by atoms with E-state index in [2.05, 4.69) is 51.0 Å². The number of benzene rings is 1. The van der Waals surface area contributed by atoms with Gasteiger partial charge in [0.2, 0.25) is 0 Å². The molecule has 0 saturated heterocycles. The highest BCUT2D eigenvalue weighted by Crippen LogP contribution is 2.22. The van der Waals surface area contributed by atoms with Gasteiger partial charge in [-0.05, 0) is 43.3 Å². The third kappa shape index (κ3) is 2.03. The molecule has 2 aromatic heterocycles. The Morgan fingerprint density at radius 2 is 2.06 bits per heavy atom. The number of aromatic nitrogens is 1. The first-order valence-corrected chi connectivity index (χ1v) is 6.31. The first-order chi connectivity index (χ1) is 8.22. The van der Waals surface area contributed by atoms with Crippen molar-refractivity contribution in [2.75, 3.05) is 0 Å². The number of hydrogen-bond donors (Lipinski definition) is 0. The summed E-state index contributed by atoms with van der Waals surface area (Å²) in [6.45, 7) is 2.74. The highest BCUT2D eigenvalue weighted by Gasteiger charge is 2.04. The van der Waals surface area contributed by atoms with Crippen LogP contribution >= 0.6 is 15.9 Å². The Labute approximate surface area is 108 Å². The van der Waals surface area contributed by atoms with Crippen LogP contribution in [0.4, 0.5) is 0 Å². The van der Waals surface area contributed by atoms with Crippen LogP contribution in [0, 0.1) is 6.92 Å². The fraction of sp³-hybridized carbons (Fsp3) is 0.143. The molecule has 1 aromatic carbocycles. The highest BCUT2D eigenvalue weighted by molar-refractivity contribution is 9.10. The van der Waals surface area contributed by atoms with Crippen LogP contribution in [-0.4, -0.2) is 4.57 Å². The lowest BCUT2D eigenvalue weighted by Gasteiger charge is -2.03. The zero-order chi connectivity index (χ0) is 11.8. The van der Waals surface area contributed by atoms with Crippen LogP contribution in [0.1, 0.15) is 11.5 Å². The highest BCUT2D eigenvalue weighted by atomic mass is 79.9. The number of aryl methyl sites for hydroxylation is 1. The Morgan fingerprint density at radius 1 is 1.18 bits per heavy atom. The predicted octanol–water partition coefficient (Wildman–Crippen LogP) is 4.35. The summed E-state index contributed by atoms with van der Waals surface area (Å²) < 4.78 is 8.90. The predicted molar refractivity (Wildman–Crippen MR) is 72.2 cm³/mol. The quantitative estimate of drug-likeness (QED) is 0.686. The molecule has 0 bridgehead atoms. The molecule has 0 atom stereocenters. The lowest BCUT2D eigenvalue weighted by Crippen LogP contribution is -1.95. The van der Waals surface area contributed by atoms with Crippen LogP contribution in [0.5, 0.6) is 0 Å². The first-order valence-electron chi connectivity index (χ1n) is 5.52. The van der Waals surface area contributed by atoms with Gasteiger partial charge in [0.25, 0.3) is 0 Å². The van der Waals surface area contributed by atoms with Crippen molar-refractivity contribution in [2.45, 2.75) is 13.5 Å². The monoisotopic (exact) mass is 289 g/mol. The van der Waals surface area contributed by atoms with E-state index in [4.69, 9.17) is 4.42 Å². The lowest BCUT2D eigenvalue weighted by atomic mass is 10.2. The van der Waals surface area contributed by atoms with Crippen molar-refractivity contribution in [3.63, 3.8) is 0 Å².